The van der Waals surface area contributed by atoms with Gasteiger partial charge in [-0.05, 0) is 36.4 Å². The third kappa shape index (κ3) is 3.32. The Kier molecular flexibility index (Phi) is 4.41. The Hall–Kier alpha value is -2.93. The second kappa shape index (κ2) is 6.52. The summed E-state index contributed by atoms with van der Waals surface area (Å²) in [7, 11) is -2.88. The van der Waals surface area contributed by atoms with E-state index in [4.69, 9.17) is 4.78 Å². The SMILES string of the molecule is C=CC(=O)Nc1cccc(C(=O)N2CCS(=N)(=O)c3ccccc32)c1. The summed E-state index contributed by atoms with van der Waals surface area (Å²) < 4.78 is 20.4. The number of para-hydroxylation sites is 1. The van der Waals surface area contributed by atoms with Gasteiger partial charge in [-0.2, -0.15) is 0 Å². The third-order valence-electron chi connectivity index (χ3n) is 3.92. The first kappa shape index (κ1) is 16.9. The van der Waals surface area contributed by atoms with E-state index in [0.717, 1.165) is 6.08 Å². The highest BCUT2D eigenvalue weighted by molar-refractivity contribution is 7.92. The van der Waals surface area contributed by atoms with Crippen LogP contribution in [0.15, 0.2) is 66.1 Å². The number of hydrogen-bond acceptors (Lipinski definition) is 4. The second-order valence-electron chi connectivity index (χ2n) is 5.58. The van der Waals surface area contributed by atoms with E-state index in [2.05, 4.69) is 11.9 Å². The lowest BCUT2D eigenvalue weighted by molar-refractivity contribution is -0.111. The van der Waals surface area contributed by atoms with E-state index in [1.807, 2.05) is 0 Å². The fourth-order valence-electron chi connectivity index (χ4n) is 2.70. The minimum absolute atomic E-state index is 0.0998. The molecule has 3 rings (SSSR count). The first-order chi connectivity index (χ1) is 11.9. The standard InChI is InChI=1S/C18H17N3O3S/c1-2-17(22)20-14-7-5-6-13(12-14)18(23)21-10-11-25(19,24)16-9-4-3-8-15(16)21/h2-9,12,19H,1,10-11H2,(H,20,22). The Bertz CT molecular complexity index is 967. The second-order valence-corrected chi connectivity index (χ2v) is 7.78. The topological polar surface area (TPSA) is 90.3 Å². The molecule has 0 saturated carbocycles. The van der Waals surface area contributed by atoms with Gasteiger partial charge in [-0.1, -0.05) is 24.8 Å². The molecule has 128 valence electrons. The zero-order valence-corrected chi connectivity index (χ0v) is 14.2. The lowest BCUT2D eigenvalue weighted by Gasteiger charge is -2.30. The maximum absolute atomic E-state index is 12.9. The molecule has 0 aromatic heterocycles. The molecule has 0 fully saturated rings. The number of rotatable bonds is 3. The van der Waals surface area contributed by atoms with Gasteiger partial charge in [-0.15, -0.1) is 0 Å². The highest BCUT2D eigenvalue weighted by atomic mass is 32.2. The summed E-state index contributed by atoms with van der Waals surface area (Å²) in [6.07, 6.45) is 1.15. The van der Waals surface area contributed by atoms with Crippen molar-refractivity contribution in [1.82, 2.24) is 0 Å². The van der Waals surface area contributed by atoms with Gasteiger partial charge in [0.15, 0.2) is 0 Å². The zero-order valence-electron chi connectivity index (χ0n) is 13.4. The third-order valence-corrected chi connectivity index (χ3v) is 5.73. The van der Waals surface area contributed by atoms with Crippen LogP contribution in [0.3, 0.4) is 0 Å². The van der Waals surface area contributed by atoms with Crippen LogP contribution in [0, 0.1) is 4.78 Å². The van der Waals surface area contributed by atoms with E-state index in [1.54, 1.807) is 48.5 Å². The van der Waals surface area contributed by atoms with Crippen molar-refractivity contribution in [2.24, 2.45) is 0 Å². The molecule has 1 atom stereocenters. The van der Waals surface area contributed by atoms with Crippen molar-refractivity contribution in [2.75, 3.05) is 22.5 Å². The summed E-state index contributed by atoms with van der Waals surface area (Å²) in [5.74, 6) is -0.526. The quantitative estimate of drug-likeness (QED) is 0.830. The highest BCUT2D eigenvalue weighted by Crippen LogP contribution is 2.31. The number of fused-ring (bicyclic) bond motifs is 1. The van der Waals surface area contributed by atoms with Gasteiger partial charge in [-0.25, -0.2) is 8.99 Å². The minimum Gasteiger partial charge on any atom is -0.323 e. The number of carbonyl (C=O) groups is 2. The van der Waals surface area contributed by atoms with Gasteiger partial charge in [0.05, 0.1) is 26.1 Å². The highest BCUT2D eigenvalue weighted by Gasteiger charge is 2.29. The lowest BCUT2D eigenvalue weighted by Crippen LogP contribution is -2.39. The average Bonchev–Trinajstić information content (AvgIpc) is 2.61. The average molecular weight is 355 g/mol. The summed E-state index contributed by atoms with van der Waals surface area (Å²) in [5, 5.41) is 2.62. The molecule has 1 unspecified atom stereocenters. The molecule has 25 heavy (non-hydrogen) atoms. The van der Waals surface area contributed by atoms with Crippen LogP contribution in [0.2, 0.25) is 0 Å². The van der Waals surface area contributed by atoms with Crippen molar-refractivity contribution in [1.29, 1.82) is 4.78 Å². The molecule has 7 heteroatoms. The number of nitrogens with zero attached hydrogens (tertiary/aromatic N) is 1. The van der Waals surface area contributed by atoms with E-state index in [0.29, 0.717) is 21.8 Å². The molecule has 2 aromatic rings. The molecule has 1 aliphatic rings. The molecule has 0 spiro atoms. The number of anilines is 2. The molecule has 2 aromatic carbocycles. The Morgan fingerprint density at radius 3 is 2.72 bits per heavy atom. The number of carbonyl (C=O) groups excluding carboxylic acids is 2. The van der Waals surface area contributed by atoms with Crippen LogP contribution in [0.25, 0.3) is 0 Å². The number of nitrogens with one attached hydrogen (secondary N) is 2. The number of amides is 2. The summed E-state index contributed by atoms with van der Waals surface area (Å²) in [5.41, 5.74) is 1.39. The minimum atomic E-state index is -2.88. The van der Waals surface area contributed by atoms with Crippen molar-refractivity contribution in [3.63, 3.8) is 0 Å². The fraction of sp³-hybridized carbons (Fsp3) is 0.111. The molecular formula is C18H17N3O3S. The van der Waals surface area contributed by atoms with E-state index in [1.165, 1.54) is 4.90 Å². The summed E-state index contributed by atoms with van der Waals surface area (Å²) in [6.45, 7) is 3.60. The van der Waals surface area contributed by atoms with Crippen molar-refractivity contribution in [3.8, 4) is 0 Å². The predicted molar refractivity (Wildman–Crippen MR) is 97.4 cm³/mol. The summed E-state index contributed by atoms with van der Waals surface area (Å²) in [4.78, 5) is 26.3. The molecule has 0 bridgehead atoms. The fourth-order valence-corrected chi connectivity index (χ4v) is 4.17. The van der Waals surface area contributed by atoms with Crippen LogP contribution in [-0.2, 0) is 14.5 Å². The lowest BCUT2D eigenvalue weighted by atomic mass is 10.1. The smallest absolute Gasteiger partial charge is 0.258 e. The number of benzene rings is 2. The van der Waals surface area contributed by atoms with Crippen LogP contribution in [-0.4, -0.2) is 28.3 Å². The van der Waals surface area contributed by atoms with Gasteiger partial charge in [0.1, 0.15) is 0 Å². The molecule has 1 aliphatic heterocycles. The van der Waals surface area contributed by atoms with E-state index < -0.39 is 9.73 Å². The summed E-state index contributed by atoms with van der Waals surface area (Å²) in [6, 6.07) is 13.4. The van der Waals surface area contributed by atoms with Crippen LogP contribution >= 0.6 is 0 Å². The molecule has 0 saturated heterocycles. The molecule has 1 heterocycles. The maximum Gasteiger partial charge on any atom is 0.258 e. The largest absolute Gasteiger partial charge is 0.323 e. The van der Waals surface area contributed by atoms with Crippen molar-refractivity contribution in [3.05, 3.63) is 66.7 Å². The first-order valence-electron chi connectivity index (χ1n) is 7.63. The van der Waals surface area contributed by atoms with Crippen molar-refractivity contribution >= 4 is 32.9 Å². The van der Waals surface area contributed by atoms with Gasteiger partial charge >= 0.3 is 0 Å². The van der Waals surface area contributed by atoms with Gasteiger partial charge in [0, 0.05) is 17.8 Å². The van der Waals surface area contributed by atoms with E-state index in [9.17, 15) is 13.8 Å². The Balaban J connectivity index is 1.96. The first-order valence-corrected chi connectivity index (χ1v) is 9.36. The van der Waals surface area contributed by atoms with Crippen LogP contribution in [0.4, 0.5) is 11.4 Å². The predicted octanol–water partition coefficient (Wildman–Crippen LogP) is 2.88. The normalized spacial score (nSPS) is 19.0. The van der Waals surface area contributed by atoms with Gasteiger partial charge in [-0.3, -0.25) is 9.59 Å². The Labute approximate surface area is 146 Å². The van der Waals surface area contributed by atoms with Crippen LogP contribution in [0.1, 0.15) is 10.4 Å². The maximum atomic E-state index is 12.9. The molecule has 2 amide bonds. The molecule has 0 aliphatic carbocycles. The van der Waals surface area contributed by atoms with Crippen LogP contribution in [0.5, 0.6) is 0 Å². The monoisotopic (exact) mass is 355 g/mol. The van der Waals surface area contributed by atoms with E-state index in [-0.39, 0.29) is 24.1 Å². The molecule has 0 radical (unpaired) electrons. The Morgan fingerprint density at radius 2 is 1.96 bits per heavy atom. The number of hydrogen-bond donors (Lipinski definition) is 2. The van der Waals surface area contributed by atoms with E-state index >= 15 is 0 Å². The van der Waals surface area contributed by atoms with Gasteiger partial charge in [0.2, 0.25) is 5.91 Å². The zero-order chi connectivity index (χ0) is 18.0. The van der Waals surface area contributed by atoms with Crippen molar-refractivity contribution in [2.45, 2.75) is 4.90 Å². The van der Waals surface area contributed by atoms with Gasteiger partial charge < -0.3 is 10.2 Å². The summed E-state index contributed by atoms with van der Waals surface area (Å²) >= 11 is 0. The Morgan fingerprint density at radius 1 is 1.20 bits per heavy atom. The van der Waals surface area contributed by atoms with Crippen molar-refractivity contribution < 1.29 is 13.8 Å². The van der Waals surface area contributed by atoms with Gasteiger partial charge in [0.25, 0.3) is 5.91 Å². The molecular weight excluding hydrogens is 338 g/mol. The molecule has 6 nitrogen and oxygen atoms in total. The molecule has 2 N–H and O–H groups in total. The van der Waals surface area contributed by atoms with Crippen LogP contribution < -0.4 is 10.2 Å².